The summed E-state index contributed by atoms with van der Waals surface area (Å²) in [6.07, 6.45) is 0.864. The van der Waals surface area contributed by atoms with Crippen LogP contribution >= 0.6 is 11.3 Å². The van der Waals surface area contributed by atoms with Crippen LogP contribution in [-0.4, -0.2) is 51.3 Å². The summed E-state index contributed by atoms with van der Waals surface area (Å²) in [6, 6.07) is -0.209. The van der Waals surface area contributed by atoms with Crippen LogP contribution in [0, 0.1) is 0 Å². The smallest absolute Gasteiger partial charge is 0.355 e. The quantitative estimate of drug-likeness (QED) is 0.750. The average Bonchev–Trinajstić information content (AvgIpc) is 2.86. The Morgan fingerprint density at radius 2 is 2.16 bits per heavy atom. The van der Waals surface area contributed by atoms with Gasteiger partial charge in [0.2, 0.25) is 0 Å². The van der Waals surface area contributed by atoms with Crippen molar-refractivity contribution in [2.75, 3.05) is 13.1 Å². The number of likely N-dealkylation sites (tertiary alicyclic amines) is 1. The molecule has 1 aliphatic rings. The first-order valence-electron chi connectivity index (χ1n) is 5.95. The van der Waals surface area contributed by atoms with Crippen LogP contribution in [0.25, 0.3) is 0 Å². The number of nitrogens with zero attached hydrogens (tertiary/aromatic N) is 2. The van der Waals surface area contributed by atoms with Crippen molar-refractivity contribution in [3.63, 3.8) is 0 Å². The van der Waals surface area contributed by atoms with E-state index in [1.165, 1.54) is 16.7 Å². The maximum atomic E-state index is 11.8. The summed E-state index contributed by atoms with van der Waals surface area (Å²) in [7, 11) is 0. The van der Waals surface area contributed by atoms with Crippen molar-refractivity contribution >= 4 is 23.3 Å². The number of carboxylic acid groups (broad SMARTS) is 1. The third-order valence-electron chi connectivity index (χ3n) is 2.91. The number of amides is 2. The molecule has 0 aromatic carbocycles. The van der Waals surface area contributed by atoms with Gasteiger partial charge in [0, 0.05) is 18.5 Å². The molecule has 1 fully saturated rings. The van der Waals surface area contributed by atoms with E-state index in [1.54, 1.807) is 4.90 Å². The lowest BCUT2D eigenvalue weighted by Gasteiger charge is -2.29. The van der Waals surface area contributed by atoms with Crippen molar-refractivity contribution < 1.29 is 19.8 Å². The molecular formula is C11H15N3O4S. The second-order valence-electron chi connectivity index (χ2n) is 4.31. The van der Waals surface area contributed by atoms with Gasteiger partial charge in [0.1, 0.15) is 5.01 Å². The Morgan fingerprint density at radius 3 is 2.74 bits per heavy atom. The highest BCUT2D eigenvalue weighted by Crippen LogP contribution is 2.11. The van der Waals surface area contributed by atoms with Crippen LogP contribution in [0.5, 0.6) is 0 Å². The minimum atomic E-state index is -1.07. The lowest BCUT2D eigenvalue weighted by atomic mass is 10.1. The Balaban J connectivity index is 1.81. The van der Waals surface area contributed by atoms with Crippen LogP contribution < -0.4 is 5.32 Å². The molecule has 0 aliphatic carbocycles. The van der Waals surface area contributed by atoms with Crippen LogP contribution in [0.15, 0.2) is 5.38 Å². The number of carbonyl (C=O) groups excluding carboxylic acids is 1. The molecule has 0 spiro atoms. The second-order valence-corrected chi connectivity index (χ2v) is 5.25. The maximum absolute atomic E-state index is 11.8. The fourth-order valence-corrected chi connectivity index (χ4v) is 2.53. The number of rotatable bonds is 3. The van der Waals surface area contributed by atoms with Gasteiger partial charge in [-0.2, -0.15) is 0 Å². The highest BCUT2D eigenvalue weighted by Gasteiger charge is 2.21. The van der Waals surface area contributed by atoms with Gasteiger partial charge in [0.15, 0.2) is 5.69 Å². The van der Waals surface area contributed by atoms with Crippen molar-refractivity contribution in [3.05, 3.63) is 16.1 Å². The second kappa shape index (κ2) is 5.98. The number of urea groups is 1. The minimum Gasteiger partial charge on any atom is -0.476 e. The Labute approximate surface area is 113 Å². The highest BCUT2D eigenvalue weighted by molar-refractivity contribution is 7.09. The summed E-state index contributed by atoms with van der Waals surface area (Å²) in [6.45, 7) is 1.28. The van der Waals surface area contributed by atoms with E-state index < -0.39 is 5.97 Å². The number of nitrogens with one attached hydrogen (secondary N) is 1. The van der Waals surface area contributed by atoms with E-state index in [1.807, 2.05) is 0 Å². The normalized spacial score (nSPS) is 16.4. The molecule has 3 N–H and O–H groups in total. The Kier molecular flexibility index (Phi) is 4.33. The van der Waals surface area contributed by atoms with Crippen molar-refractivity contribution in [2.45, 2.75) is 25.5 Å². The predicted octanol–water partition coefficient (Wildman–Crippen LogP) is 0.508. The molecule has 0 atom stereocenters. The molecule has 2 amide bonds. The molecule has 0 bridgehead atoms. The van der Waals surface area contributed by atoms with E-state index >= 15 is 0 Å². The van der Waals surface area contributed by atoms with E-state index in [2.05, 4.69) is 10.3 Å². The van der Waals surface area contributed by atoms with Crippen molar-refractivity contribution in [1.29, 1.82) is 0 Å². The molecule has 7 nitrogen and oxygen atoms in total. The molecule has 2 rings (SSSR count). The maximum Gasteiger partial charge on any atom is 0.355 e. The van der Waals surface area contributed by atoms with Crippen molar-refractivity contribution in [2.24, 2.45) is 0 Å². The molecule has 1 aromatic heterocycles. The highest BCUT2D eigenvalue weighted by atomic mass is 32.1. The van der Waals surface area contributed by atoms with Gasteiger partial charge in [-0.05, 0) is 12.8 Å². The molecular weight excluding hydrogens is 270 g/mol. The third kappa shape index (κ3) is 3.65. The van der Waals surface area contributed by atoms with E-state index in [0.29, 0.717) is 30.9 Å². The zero-order valence-corrected chi connectivity index (χ0v) is 11.0. The number of aromatic carboxylic acids is 1. The van der Waals surface area contributed by atoms with E-state index in [4.69, 9.17) is 5.11 Å². The van der Waals surface area contributed by atoms with Crippen LogP contribution in [0.1, 0.15) is 28.3 Å². The van der Waals surface area contributed by atoms with Crippen LogP contribution in [-0.2, 0) is 6.54 Å². The number of aliphatic hydroxyl groups is 1. The molecule has 1 aliphatic heterocycles. The SMILES string of the molecule is O=C(O)c1csc(CNC(=O)N2CCC(O)CC2)n1. The van der Waals surface area contributed by atoms with E-state index in [-0.39, 0.29) is 24.4 Å². The average molecular weight is 285 g/mol. The summed E-state index contributed by atoms with van der Waals surface area (Å²) >= 11 is 1.20. The number of thiazole rings is 1. The number of carboxylic acids is 1. The topological polar surface area (TPSA) is 103 Å². The first kappa shape index (κ1) is 13.8. The first-order chi connectivity index (χ1) is 9.06. The van der Waals surface area contributed by atoms with Crippen molar-refractivity contribution in [3.8, 4) is 0 Å². The largest absolute Gasteiger partial charge is 0.476 e. The molecule has 8 heteroatoms. The monoisotopic (exact) mass is 285 g/mol. The summed E-state index contributed by atoms with van der Waals surface area (Å²) < 4.78 is 0. The number of hydrogen-bond acceptors (Lipinski definition) is 5. The fraction of sp³-hybridized carbons (Fsp3) is 0.545. The van der Waals surface area contributed by atoms with Gasteiger partial charge in [-0.1, -0.05) is 0 Å². The summed E-state index contributed by atoms with van der Waals surface area (Å²) in [5.41, 5.74) is -0.00431. The predicted molar refractivity (Wildman–Crippen MR) is 68.1 cm³/mol. The molecule has 0 unspecified atom stereocenters. The van der Waals surface area contributed by atoms with Gasteiger partial charge in [0.25, 0.3) is 0 Å². The zero-order valence-electron chi connectivity index (χ0n) is 10.2. The molecule has 0 radical (unpaired) electrons. The number of carbonyl (C=O) groups is 2. The van der Waals surface area contributed by atoms with Crippen LogP contribution in [0.3, 0.4) is 0 Å². The number of aliphatic hydroxyl groups excluding tert-OH is 1. The lowest BCUT2D eigenvalue weighted by molar-refractivity contribution is 0.0691. The van der Waals surface area contributed by atoms with Crippen LogP contribution in [0.4, 0.5) is 4.79 Å². The van der Waals surface area contributed by atoms with Gasteiger partial charge in [-0.3, -0.25) is 0 Å². The van der Waals surface area contributed by atoms with E-state index in [0.717, 1.165) is 0 Å². The number of aromatic nitrogens is 1. The first-order valence-corrected chi connectivity index (χ1v) is 6.83. The minimum absolute atomic E-state index is 0.00431. The van der Waals surface area contributed by atoms with Gasteiger partial charge >= 0.3 is 12.0 Å². The molecule has 1 saturated heterocycles. The Morgan fingerprint density at radius 1 is 1.47 bits per heavy atom. The third-order valence-corrected chi connectivity index (χ3v) is 3.76. The Bertz CT molecular complexity index is 468. The molecule has 0 saturated carbocycles. The lowest BCUT2D eigenvalue weighted by Crippen LogP contribution is -2.45. The standard InChI is InChI=1S/C11H15N3O4S/c15-7-1-3-14(4-2-7)11(18)12-5-9-13-8(6-19-9)10(16)17/h6-7,15H,1-5H2,(H,12,18)(H,16,17). The summed E-state index contributed by atoms with van der Waals surface area (Å²) in [4.78, 5) is 28.0. The molecule has 2 heterocycles. The van der Waals surface area contributed by atoms with Crippen LogP contribution in [0.2, 0.25) is 0 Å². The summed E-state index contributed by atoms with van der Waals surface area (Å²) in [5, 5.41) is 22.8. The van der Waals surface area contributed by atoms with Gasteiger partial charge in [-0.15, -0.1) is 11.3 Å². The molecule has 19 heavy (non-hydrogen) atoms. The zero-order chi connectivity index (χ0) is 13.8. The van der Waals surface area contributed by atoms with Crippen molar-refractivity contribution in [1.82, 2.24) is 15.2 Å². The molecule has 104 valence electrons. The number of piperidine rings is 1. The fourth-order valence-electron chi connectivity index (χ4n) is 1.82. The summed E-state index contributed by atoms with van der Waals surface area (Å²) in [5.74, 6) is -1.07. The van der Waals surface area contributed by atoms with E-state index in [9.17, 15) is 14.7 Å². The molecule has 1 aromatic rings. The van der Waals surface area contributed by atoms with Gasteiger partial charge in [-0.25, -0.2) is 14.6 Å². The Hall–Kier alpha value is -1.67. The van der Waals surface area contributed by atoms with Gasteiger partial charge in [0.05, 0.1) is 12.6 Å². The number of hydrogen-bond donors (Lipinski definition) is 3. The van der Waals surface area contributed by atoms with Gasteiger partial charge < -0.3 is 20.4 Å².